The monoisotopic (exact) mass is 324 g/mol. The molecule has 2 aromatic carbocycles. The van der Waals surface area contributed by atoms with Crippen LogP contribution in [0.3, 0.4) is 0 Å². The van der Waals surface area contributed by atoms with Crippen LogP contribution in [-0.2, 0) is 4.79 Å². The number of piperidine rings is 1. The molecule has 2 N–H and O–H groups in total. The summed E-state index contributed by atoms with van der Waals surface area (Å²) in [7, 11) is 0. The van der Waals surface area contributed by atoms with Gasteiger partial charge in [-0.25, -0.2) is 0 Å². The zero-order chi connectivity index (χ0) is 16.8. The van der Waals surface area contributed by atoms with Crippen LogP contribution in [0.25, 0.3) is 0 Å². The fourth-order valence-corrected chi connectivity index (χ4v) is 3.02. The van der Waals surface area contributed by atoms with E-state index in [-0.39, 0.29) is 11.9 Å². The van der Waals surface area contributed by atoms with E-state index in [2.05, 4.69) is 17.6 Å². The lowest BCUT2D eigenvalue weighted by atomic mass is 9.95. The Morgan fingerprint density at radius 1 is 1.12 bits per heavy atom. The normalized spacial score (nSPS) is 21.7. The molecule has 126 valence electrons. The molecule has 0 saturated carbocycles. The first-order valence-corrected chi connectivity index (χ1v) is 8.52. The molecule has 1 aliphatic heterocycles. The molecule has 0 bridgehead atoms. The van der Waals surface area contributed by atoms with E-state index in [0.29, 0.717) is 11.7 Å². The van der Waals surface area contributed by atoms with E-state index in [1.165, 1.54) is 0 Å². The molecule has 1 fully saturated rings. The maximum absolute atomic E-state index is 12.9. The van der Waals surface area contributed by atoms with Gasteiger partial charge in [0.1, 0.15) is 5.75 Å². The van der Waals surface area contributed by atoms with Gasteiger partial charge in [0.05, 0.1) is 0 Å². The Morgan fingerprint density at radius 3 is 2.46 bits per heavy atom. The van der Waals surface area contributed by atoms with Crippen LogP contribution < -0.4 is 15.4 Å². The average molecular weight is 324 g/mol. The molecule has 3 atom stereocenters. The molecular weight excluding hydrogens is 300 g/mol. The summed E-state index contributed by atoms with van der Waals surface area (Å²) in [5.41, 5.74) is 0.862. The standard InChI is InChI=1S/C20H24N2O2/c1-15-14-21-13-12-18(15)22-20(23)19(16-8-4-2-5-9-16)24-17-10-6-3-7-11-17/h2-11,15,18-19,21H,12-14H2,1H3,(H,22,23). The maximum atomic E-state index is 12.9. The average Bonchev–Trinajstić information content (AvgIpc) is 2.63. The van der Waals surface area contributed by atoms with Crippen LogP contribution in [0.5, 0.6) is 5.75 Å². The Labute approximate surface area is 143 Å². The van der Waals surface area contributed by atoms with Gasteiger partial charge in [0, 0.05) is 11.6 Å². The minimum Gasteiger partial charge on any atom is -0.476 e. The highest BCUT2D eigenvalue weighted by molar-refractivity contribution is 5.83. The molecular formula is C20H24N2O2. The third kappa shape index (κ3) is 4.15. The third-order valence-electron chi connectivity index (χ3n) is 4.45. The van der Waals surface area contributed by atoms with E-state index < -0.39 is 6.10 Å². The molecule has 0 aromatic heterocycles. The van der Waals surface area contributed by atoms with Crippen molar-refractivity contribution < 1.29 is 9.53 Å². The Kier molecular flexibility index (Phi) is 5.49. The highest BCUT2D eigenvalue weighted by atomic mass is 16.5. The first-order valence-electron chi connectivity index (χ1n) is 8.52. The van der Waals surface area contributed by atoms with E-state index in [0.717, 1.165) is 25.1 Å². The first-order chi connectivity index (χ1) is 11.7. The van der Waals surface area contributed by atoms with Crippen LogP contribution in [0.4, 0.5) is 0 Å². The predicted octanol–water partition coefficient (Wildman–Crippen LogP) is 2.92. The van der Waals surface area contributed by atoms with E-state index >= 15 is 0 Å². The fourth-order valence-electron chi connectivity index (χ4n) is 3.02. The van der Waals surface area contributed by atoms with Crippen LogP contribution in [0.2, 0.25) is 0 Å². The Balaban J connectivity index is 1.77. The van der Waals surface area contributed by atoms with Crippen molar-refractivity contribution in [3.8, 4) is 5.75 Å². The van der Waals surface area contributed by atoms with Gasteiger partial charge in [-0.2, -0.15) is 0 Å². The van der Waals surface area contributed by atoms with E-state index in [1.807, 2.05) is 60.7 Å². The van der Waals surface area contributed by atoms with Crippen molar-refractivity contribution in [2.45, 2.75) is 25.5 Å². The summed E-state index contributed by atoms with van der Waals surface area (Å²) in [6, 6.07) is 19.3. The molecule has 1 amide bonds. The van der Waals surface area contributed by atoms with Crippen LogP contribution in [-0.4, -0.2) is 25.0 Å². The largest absolute Gasteiger partial charge is 0.476 e. The summed E-state index contributed by atoms with van der Waals surface area (Å²) in [5, 5.41) is 6.54. The van der Waals surface area contributed by atoms with Crippen molar-refractivity contribution in [2.24, 2.45) is 5.92 Å². The van der Waals surface area contributed by atoms with Gasteiger partial charge in [0.15, 0.2) is 0 Å². The molecule has 1 aliphatic rings. The van der Waals surface area contributed by atoms with Gasteiger partial charge in [-0.1, -0.05) is 55.5 Å². The lowest BCUT2D eigenvalue weighted by Crippen LogP contribution is -2.50. The summed E-state index contributed by atoms with van der Waals surface area (Å²) in [6.07, 6.45) is 0.301. The van der Waals surface area contributed by atoms with Crippen molar-refractivity contribution in [2.75, 3.05) is 13.1 Å². The molecule has 0 radical (unpaired) electrons. The van der Waals surface area contributed by atoms with Crippen molar-refractivity contribution >= 4 is 5.91 Å². The van der Waals surface area contributed by atoms with Gasteiger partial charge in [-0.15, -0.1) is 0 Å². The number of carbonyl (C=O) groups excluding carboxylic acids is 1. The number of para-hydroxylation sites is 1. The third-order valence-corrected chi connectivity index (χ3v) is 4.45. The summed E-state index contributed by atoms with van der Waals surface area (Å²) in [5.74, 6) is 1.03. The molecule has 3 unspecified atom stereocenters. The molecule has 0 spiro atoms. The fraction of sp³-hybridized carbons (Fsp3) is 0.350. The van der Waals surface area contributed by atoms with Crippen molar-refractivity contribution in [1.82, 2.24) is 10.6 Å². The SMILES string of the molecule is CC1CNCCC1NC(=O)C(Oc1ccccc1)c1ccccc1. The number of carbonyl (C=O) groups is 1. The Bertz CT molecular complexity index is 645. The minimum atomic E-state index is -0.643. The quantitative estimate of drug-likeness (QED) is 0.889. The van der Waals surface area contributed by atoms with Crippen molar-refractivity contribution in [3.63, 3.8) is 0 Å². The number of hydrogen-bond acceptors (Lipinski definition) is 3. The number of hydrogen-bond donors (Lipinski definition) is 2. The summed E-state index contributed by atoms with van der Waals surface area (Å²) < 4.78 is 6.01. The van der Waals surface area contributed by atoms with Crippen LogP contribution in [0, 0.1) is 5.92 Å². The minimum absolute atomic E-state index is 0.0798. The number of rotatable bonds is 5. The highest BCUT2D eigenvalue weighted by Crippen LogP contribution is 2.23. The molecule has 2 aromatic rings. The van der Waals surface area contributed by atoms with E-state index in [9.17, 15) is 4.79 Å². The van der Waals surface area contributed by atoms with E-state index in [4.69, 9.17) is 4.74 Å². The molecule has 4 heteroatoms. The Hall–Kier alpha value is -2.33. The van der Waals surface area contributed by atoms with Gasteiger partial charge in [0.25, 0.3) is 5.91 Å². The number of nitrogens with one attached hydrogen (secondary N) is 2. The van der Waals surface area contributed by atoms with Crippen LogP contribution in [0.1, 0.15) is 25.0 Å². The lowest BCUT2D eigenvalue weighted by Gasteiger charge is -2.31. The summed E-state index contributed by atoms with van der Waals surface area (Å²) >= 11 is 0. The zero-order valence-corrected chi connectivity index (χ0v) is 13.9. The van der Waals surface area contributed by atoms with Gasteiger partial charge >= 0.3 is 0 Å². The number of amides is 1. The molecule has 1 heterocycles. The van der Waals surface area contributed by atoms with Gasteiger partial charge < -0.3 is 15.4 Å². The Morgan fingerprint density at radius 2 is 1.79 bits per heavy atom. The summed E-state index contributed by atoms with van der Waals surface area (Å²) in [4.78, 5) is 12.9. The van der Waals surface area contributed by atoms with Crippen LogP contribution in [0.15, 0.2) is 60.7 Å². The molecule has 4 nitrogen and oxygen atoms in total. The number of ether oxygens (including phenoxy) is 1. The van der Waals surface area contributed by atoms with Gasteiger partial charge in [0.2, 0.25) is 6.10 Å². The topological polar surface area (TPSA) is 50.4 Å². The first kappa shape index (κ1) is 16.5. The number of benzene rings is 2. The molecule has 0 aliphatic carbocycles. The molecule has 24 heavy (non-hydrogen) atoms. The zero-order valence-electron chi connectivity index (χ0n) is 13.9. The predicted molar refractivity (Wildman–Crippen MR) is 94.8 cm³/mol. The second-order valence-corrected chi connectivity index (χ2v) is 6.31. The van der Waals surface area contributed by atoms with E-state index in [1.54, 1.807) is 0 Å². The second kappa shape index (κ2) is 7.97. The summed E-state index contributed by atoms with van der Waals surface area (Å²) in [6.45, 7) is 4.03. The smallest absolute Gasteiger partial charge is 0.266 e. The van der Waals surface area contributed by atoms with Gasteiger partial charge in [-0.3, -0.25) is 4.79 Å². The highest BCUT2D eigenvalue weighted by Gasteiger charge is 2.28. The maximum Gasteiger partial charge on any atom is 0.266 e. The lowest BCUT2D eigenvalue weighted by molar-refractivity contribution is -0.129. The van der Waals surface area contributed by atoms with Crippen LogP contribution >= 0.6 is 0 Å². The van der Waals surface area contributed by atoms with Crippen molar-refractivity contribution in [3.05, 3.63) is 66.2 Å². The molecule has 1 saturated heterocycles. The van der Waals surface area contributed by atoms with Gasteiger partial charge in [-0.05, 0) is 37.6 Å². The molecule has 3 rings (SSSR count). The second-order valence-electron chi connectivity index (χ2n) is 6.31. The van der Waals surface area contributed by atoms with Crippen molar-refractivity contribution in [1.29, 1.82) is 0 Å².